The number of pyridine rings is 1. The molecule has 0 aliphatic rings. The second-order valence-corrected chi connectivity index (χ2v) is 6.75. The largest absolute Gasteiger partial charge is 0.480 e. The molecule has 2 aromatic heterocycles. The van der Waals surface area contributed by atoms with Crippen LogP contribution in [0.1, 0.15) is 55.4 Å². The fraction of sp³-hybridized carbons (Fsp3) is 0.333. The molecule has 1 aromatic carbocycles. The van der Waals surface area contributed by atoms with Crippen LogP contribution in [0.5, 0.6) is 0 Å². The van der Waals surface area contributed by atoms with Crippen LogP contribution < -0.4 is 0 Å². The van der Waals surface area contributed by atoms with E-state index in [-0.39, 0.29) is 5.56 Å². The molecule has 2 N–H and O–H groups in total. The van der Waals surface area contributed by atoms with E-state index in [2.05, 4.69) is 16.9 Å². The van der Waals surface area contributed by atoms with Gasteiger partial charge in [-0.05, 0) is 24.6 Å². The van der Waals surface area contributed by atoms with Crippen LogP contribution in [0.4, 0.5) is 0 Å². The quantitative estimate of drug-likeness (QED) is 0.533. The summed E-state index contributed by atoms with van der Waals surface area (Å²) in [6, 6.07) is 9.41. The van der Waals surface area contributed by atoms with Crippen molar-refractivity contribution in [3.05, 3.63) is 48.3 Å². The number of hydrogen-bond donors (Lipinski definition) is 2. The van der Waals surface area contributed by atoms with E-state index in [0.717, 1.165) is 25.7 Å². The Kier molecular flexibility index (Phi) is 6.03. The third kappa shape index (κ3) is 4.03. The second kappa shape index (κ2) is 8.65. The smallest absolute Gasteiger partial charge is 0.336 e. The maximum atomic E-state index is 11.8. The van der Waals surface area contributed by atoms with E-state index in [1.165, 1.54) is 12.4 Å². The van der Waals surface area contributed by atoms with Crippen molar-refractivity contribution in [1.82, 2.24) is 14.5 Å². The molecule has 0 amide bonds. The van der Waals surface area contributed by atoms with E-state index >= 15 is 0 Å². The fourth-order valence-corrected chi connectivity index (χ4v) is 3.35. The standard InChI is InChI=1S/C21H23N3O4/c1-2-3-4-5-10-18(21(27)28)24-13-22-19-17(24)12-11-16(23-19)14-8-6-7-9-15(14)20(25)26/h6-9,11-13,18H,2-5,10H2,1H3,(H,25,26)(H,27,28). The van der Waals surface area contributed by atoms with Gasteiger partial charge in [0.15, 0.2) is 5.65 Å². The predicted molar refractivity (Wildman–Crippen MR) is 105 cm³/mol. The van der Waals surface area contributed by atoms with Crippen LogP contribution >= 0.6 is 0 Å². The molecule has 1 unspecified atom stereocenters. The number of aromatic carboxylic acids is 1. The molecule has 2 heterocycles. The van der Waals surface area contributed by atoms with E-state index in [0.29, 0.717) is 28.8 Å². The lowest BCUT2D eigenvalue weighted by atomic mass is 10.0. The summed E-state index contributed by atoms with van der Waals surface area (Å²) in [5.74, 6) is -1.92. The highest BCUT2D eigenvalue weighted by atomic mass is 16.4. The Morgan fingerprint density at radius 3 is 2.57 bits per heavy atom. The minimum atomic E-state index is -1.03. The van der Waals surface area contributed by atoms with Crippen LogP contribution in [0.15, 0.2) is 42.7 Å². The van der Waals surface area contributed by atoms with Gasteiger partial charge in [0.1, 0.15) is 6.04 Å². The van der Waals surface area contributed by atoms with Crippen LogP contribution in [0.2, 0.25) is 0 Å². The third-order valence-corrected chi connectivity index (χ3v) is 4.82. The van der Waals surface area contributed by atoms with Crippen molar-refractivity contribution in [2.24, 2.45) is 0 Å². The first kappa shape index (κ1) is 19.5. The summed E-state index contributed by atoms with van der Waals surface area (Å²) >= 11 is 0. The summed E-state index contributed by atoms with van der Waals surface area (Å²) < 4.78 is 1.64. The molecule has 0 radical (unpaired) electrons. The van der Waals surface area contributed by atoms with Gasteiger partial charge in [0.05, 0.1) is 23.1 Å². The Hall–Kier alpha value is -3.22. The summed E-state index contributed by atoms with van der Waals surface area (Å²) in [4.78, 5) is 32.0. The molecule has 146 valence electrons. The highest BCUT2D eigenvalue weighted by Crippen LogP contribution is 2.27. The molecule has 3 aromatic rings. The van der Waals surface area contributed by atoms with Crippen molar-refractivity contribution in [2.75, 3.05) is 0 Å². The summed E-state index contributed by atoms with van der Waals surface area (Å²) in [5, 5.41) is 19.0. The third-order valence-electron chi connectivity index (χ3n) is 4.82. The van der Waals surface area contributed by atoms with E-state index < -0.39 is 18.0 Å². The van der Waals surface area contributed by atoms with Crippen LogP contribution in [-0.4, -0.2) is 36.7 Å². The molecular weight excluding hydrogens is 358 g/mol. The number of carbonyl (C=O) groups is 2. The Labute approximate surface area is 162 Å². The molecular formula is C21H23N3O4. The lowest BCUT2D eigenvalue weighted by Crippen LogP contribution is -2.18. The highest BCUT2D eigenvalue weighted by Gasteiger charge is 2.22. The van der Waals surface area contributed by atoms with Crippen molar-refractivity contribution >= 4 is 23.1 Å². The van der Waals surface area contributed by atoms with Crippen molar-refractivity contribution in [3.8, 4) is 11.3 Å². The molecule has 0 saturated carbocycles. The number of carboxylic acids is 2. The lowest BCUT2D eigenvalue weighted by molar-refractivity contribution is -0.141. The van der Waals surface area contributed by atoms with Gasteiger partial charge < -0.3 is 14.8 Å². The van der Waals surface area contributed by atoms with Gasteiger partial charge in [-0.2, -0.15) is 0 Å². The van der Waals surface area contributed by atoms with E-state index in [1.54, 1.807) is 34.9 Å². The molecule has 0 fully saturated rings. The van der Waals surface area contributed by atoms with Crippen LogP contribution in [-0.2, 0) is 4.79 Å². The van der Waals surface area contributed by atoms with E-state index in [9.17, 15) is 19.8 Å². The van der Waals surface area contributed by atoms with E-state index in [1.807, 2.05) is 0 Å². The topological polar surface area (TPSA) is 105 Å². The van der Waals surface area contributed by atoms with Gasteiger partial charge in [0.25, 0.3) is 0 Å². The maximum Gasteiger partial charge on any atom is 0.336 e. The first-order valence-corrected chi connectivity index (χ1v) is 9.42. The number of aromatic nitrogens is 3. The average Bonchev–Trinajstić information content (AvgIpc) is 3.10. The maximum absolute atomic E-state index is 11.8. The summed E-state index contributed by atoms with van der Waals surface area (Å²) in [5.41, 5.74) is 2.18. The van der Waals surface area contributed by atoms with Crippen molar-refractivity contribution < 1.29 is 19.8 Å². The molecule has 0 aliphatic carbocycles. The van der Waals surface area contributed by atoms with Gasteiger partial charge in [-0.25, -0.2) is 19.6 Å². The number of fused-ring (bicyclic) bond motifs is 1. The predicted octanol–water partition coefficient (Wildman–Crippen LogP) is 4.39. The normalized spacial score (nSPS) is 12.2. The zero-order valence-corrected chi connectivity index (χ0v) is 15.7. The summed E-state index contributed by atoms with van der Waals surface area (Å²) in [6.45, 7) is 2.11. The van der Waals surface area contributed by atoms with Gasteiger partial charge in [-0.1, -0.05) is 50.8 Å². The van der Waals surface area contributed by atoms with Crippen LogP contribution in [0, 0.1) is 0 Å². The van der Waals surface area contributed by atoms with Gasteiger partial charge >= 0.3 is 11.9 Å². The lowest BCUT2D eigenvalue weighted by Gasteiger charge is -2.15. The summed E-state index contributed by atoms with van der Waals surface area (Å²) in [6.07, 6.45) is 6.05. The molecule has 7 nitrogen and oxygen atoms in total. The van der Waals surface area contributed by atoms with Crippen LogP contribution in [0.25, 0.3) is 22.4 Å². The molecule has 0 spiro atoms. The Morgan fingerprint density at radius 1 is 1.07 bits per heavy atom. The number of benzene rings is 1. The van der Waals surface area contributed by atoms with E-state index in [4.69, 9.17) is 0 Å². The zero-order valence-electron chi connectivity index (χ0n) is 15.7. The van der Waals surface area contributed by atoms with Crippen molar-refractivity contribution in [2.45, 2.75) is 45.1 Å². The fourth-order valence-electron chi connectivity index (χ4n) is 3.35. The number of carboxylic acid groups (broad SMARTS) is 2. The molecule has 3 rings (SSSR count). The van der Waals surface area contributed by atoms with Gasteiger partial charge in [0, 0.05) is 5.56 Å². The SMILES string of the molecule is CCCCCCC(C(=O)O)n1cnc2nc(-c3ccccc3C(=O)O)ccc21. The Bertz CT molecular complexity index is 996. The number of aliphatic carboxylic acids is 1. The van der Waals surface area contributed by atoms with Crippen LogP contribution in [0.3, 0.4) is 0 Å². The van der Waals surface area contributed by atoms with Crippen molar-refractivity contribution in [3.63, 3.8) is 0 Å². The van der Waals surface area contributed by atoms with Gasteiger partial charge in [0.2, 0.25) is 0 Å². The average molecular weight is 381 g/mol. The minimum absolute atomic E-state index is 0.160. The monoisotopic (exact) mass is 381 g/mol. The number of rotatable bonds is 9. The number of nitrogens with zero attached hydrogens (tertiary/aromatic N) is 3. The second-order valence-electron chi connectivity index (χ2n) is 6.75. The molecule has 0 bridgehead atoms. The minimum Gasteiger partial charge on any atom is -0.480 e. The Balaban J connectivity index is 1.94. The summed E-state index contributed by atoms with van der Waals surface area (Å²) in [7, 11) is 0. The molecule has 28 heavy (non-hydrogen) atoms. The molecule has 1 atom stereocenters. The van der Waals surface area contributed by atoms with Crippen molar-refractivity contribution in [1.29, 1.82) is 0 Å². The molecule has 0 saturated heterocycles. The van der Waals surface area contributed by atoms with Gasteiger partial charge in [-0.3, -0.25) is 0 Å². The highest BCUT2D eigenvalue weighted by molar-refractivity contribution is 5.96. The molecule has 7 heteroatoms. The number of unbranched alkanes of at least 4 members (excludes halogenated alkanes) is 3. The zero-order chi connectivity index (χ0) is 20.1. The first-order valence-electron chi connectivity index (χ1n) is 9.42. The number of hydrogen-bond acceptors (Lipinski definition) is 4. The first-order chi connectivity index (χ1) is 13.5. The number of imidazole rings is 1. The van der Waals surface area contributed by atoms with Gasteiger partial charge in [-0.15, -0.1) is 0 Å². The molecule has 0 aliphatic heterocycles. The Morgan fingerprint density at radius 2 is 1.86 bits per heavy atom.